The number of carbonyl (C=O) groups is 1. The van der Waals surface area contributed by atoms with Crippen LogP contribution in [0.1, 0.15) is 15.9 Å². The summed E-state index contributed by atoms with van der Waals surface area (Å²) < 4.78 is 5.30. The van der Waals surface area contributed by atoms with Crippen molar-refractivity contribution in [2.45, 2.75) is 6.54 Å². The van der Waals surface area contributed by atoms with Gasteiger partial charge in [0.05, 0.1) is 18.8 Å². The molecule has 2 aromatic rings. The molecule has 2 N–H and O–H groups in total. The Morgan fingerprint density at radius 2 is 1.96 bits per heavy atom. The molecule has 1 spiro atoms. The molecule has 2 aliphatic rings. The SMILES string of the molecule is Nc1ncc(-c2ccc(CN3CC4(COC4)C3)cc2)cc1C=O. The van der Waals surface area contributed by atoms with Crippen LogP contribution in [0.2, 0.25) is 0 Å². The molecule has 5 nitrogen and oxygen atoms in total. The number of aldehydes is 1. The lowest BCUT2D eigenvalue weighted by atomic mass is 9.78. The minimum atomic E-state index is 0.270. The normalized spacial score (nSPS) is 19.1. The van der Waals surface area contributed by atoms with Gasteiger partial charge in [0.25, 0.3) is 0 Å². The Labute approximate surface area is 135 Å². The second-order valence-electron chi connectivity index (χ2n) is 6.65. The summed E-state index contributed by atoms with van der Waals surface area (Å²) in [7, 11) is 0. The number of hydrogen-bond acceptors (Lipinski definition) is 5. The average molecular weight is 309 g/mol. The number of nitrogen functional groups attached to an aromatic ring is 1. The summed E-state index contributed by atoms with van der Waals surface area (Å²) in [5, 5.41) is 0. The monoisotopic (exact) mass is 309 g/mol. The quantitative estimate of drug-likeness (QED) is 0.875. The van der Waals surface area contributed by atoms with E-state index in [-0.39, 0.29) is 5.82 Å². The van der Waals surface area contributed by atoms with Gasteiger partial charge in [-0.2, -0.15) is 0 Å². The lowest BCUT2D eigenvalue weighted by Gasteiger charge is -2.55. The van der Waals surface area contributed by atoms with Gasteiger partial charge in [0.2, 0.25) is 0 Å². The van der Waals surface area contributed by atoms with Gasteiger partial charge in [0, 0.05) is 36.8 Å². The number of aromatic nitrogens is 1. The van der Waals surface area contributed by atoms with Crippen LogP contribution in [0.25, 0.3) is 11.1 Å². The van der Waals surface area contributed by atoms with Crippen molar-refractivity contribution in [2.75, 3.05) is 32.0 Å². The van der Waals surface area contributed by atoms with E-state index in [1.807, 2.05) is 0 Å². The van der Waals surface area contributed by atoms with E-state index in [0.717, 1.165) is 50.3 Å². The first-order chi connectivity index (χ1) is 11.2. The molecule has 1 aromatic heterocycles. The summed E-state index contributed by atoms with van der Waals surface area (Å²) in [6.45, 7) is 5.09. The van der Waals surface area contributed by atoms with Gasteiger partial charge in [0.1, 0.15) is 5.82 Å². The molecule has 0 radical (unpaired) electrons. The van der Waals surface area contributed by atoms with Crippen LogP contribution < -0.4 is 5.73 Å². The Bertz CT molecular complexity index is 730. The number of nitrogens with two attached hydrogens (primary N) is 1. The van der Waals surface area contributed by atoms with Crippen molar-refractivity contribution in [2.24, 2.45) is 5.41 Å². The number of nitrogens with zero attached hydrogens (tertiary/aromatic N) is 2. The van der Waals surface area contributed by atoms with Gasteiger partial charge >= 0.3 is 0 Å². The first-order valence-electron chi connectivity index (χ1n) is 7.78. The molecule has 0 saturated carbocycles. The van der Waals surface area contributed by atoms with Crippen LogP contribution in [-0.4, -0.2) is 42.5 Å². The zero-order valence-corrected chi connectivity index (χ0v) is 12.9. The van der Waals surface area contributed by atoms with E-state index < -0.39 is 0 Å². The third kappa shape index (κ3) is 2.62. The van der Waals surface area contributed by atoms with Crippen molar-refractivity contribution in [1.82, 2.24) is 9.88 Å². The molecule has 4 rings (SSSR count). The van der Waals surface area contributed by atoms with Crippen LogP contribution in [0.5, 0.6) is 0 Å². The third-order valence-corrected chi connectivity index (χ3v) is 4.70. The molecule has 2 aliphatic heterocycles. The van der Waals surface area contributed by atoms with Crippen LogP contribution in [0.15, 0.2) is 36.5 Å². The molecule has 0 atom stereocenters. The standard InChI is InChI=1S/C18H19N3O2/c19-17-16(8-22)5-15(6-20-17)14-3-1-13(2-4-14)7-21-9-18(10-21)11-23-12-18/h1-6,8H,7,9-12H2,(H2,19,20). The van der Waals surface area contributed by atoms with Crippen molar-refractivity contribution in [3.63, 3.8) is 0 Å². The van der Waals surface area contributed by atoms with Crippen LogP contribution >= 0.6 is 0 Å². The molecule has 0 aliphatic carbocycles. The number of benzene rings is 1. The maximum Gasteiger partial charge on any atom is 0.153 e. The van der Waals surface area contributed by atoms with Crippen LogP contribution in [-0.2, 0) is 11.3 Å². The van der Waals surface area contributed by atoms with E-state index in [0.29, 0.717) is 11.0 Å². The maximum atomic E-state index is 11.0. The Morgan fingerprint density at radius 1 is 1.22 bits per heavy atom. The molecule has 0 amide bonds. The molecule has 118 valence electrons. The molecule has 1 aromatic carbocycles. The van der Waals surface area contributed by atoms with Gasteiger partial charge < -0.3 is 10.5 Å². The fraction of sp³-hybridized carbons (Fsp3) is 0.333. The molecular formula is C18H19N3O2. The van der Waals surface area contributed by atoms with E-state index in [2.05, 4.69) is 34.1 Å². The average Bonchev–Trinajstić information content (AvgIpc) is 2.50. The highest BCUT2D eigenvalue weighted by Gasteiger charge is 2.48. The third-order valence-electron chi connectivity index (χ3n) is 4.70. The fourth-order valence-electron chi connectivity index (χ4n) is 3.39. The van der Waals surface area contributed by atoms with Crippen molar-refractivity contribution >= 4 is 12.1 Å². The van der Waals surface area contributed by atoms with Crippen LogP contribution in [0.3, 0.4) is 0 Å². The van der Waals surface area contributed by atoms with Crippen molar-refractivity contribution in [3.8, 4) is 11.1 Å². The van der Waals surface area contributed by atoms with Crippen LogP contribution in [0, 0.1) is 5.41 Å². The van der Waals surface area contributed by atoms with Crippen molar-refractivity contribution < 1.29 is 9.53 Å². The molecule has 0 bridgehead atoms. The molecule has 2 saturated heterocycles. The van der Waals surface area contributed by atoms with E-state index in [4.69, 9.17) is 10.5 Å². The van der Waals surface area contributed by atoms with E-state index in [9.17, 15) is 4.79 Å². The van der Waals surface area contributed by atoms with E-state index in [1.165, 1.54) is 5.56 Å². The second kappa shape index (κ2) is 5.44. The number of anilines is 1. The van der Waals surface area contributed by atoms with Crippen molar-refractivity contribution in [3.05, 3.63) is 47.7 Å². The molecule has 3 heterocycles. The predicted molar refractivity (Wildman–Crippen MR) is 88.0 cm³/mol. The van der Waals surface area contributed by atoms with Crippen LogP contribution in [0.4, 0.5) is 5.82 Å². The summed E-state index contributed by atoms with van der Waals surface area (Å²) in [5.74, 6) is 0.270. The van der Waals surface area contributed by atoms with Gasteiger partial charge in [-0.15, -0.1) is 0 Å². The summed E-state index contributed by atoms with van der Waals surface area (Å²) >= 11 is 0. The van der Waals surface area contributed by atoms with E-state index in [1.54, 1.807) is 12.3 Å². The summed E-state index contributed by atoms with van der Waals surface area (Å²) in [5.41, 5.74) is 9.79. The van der Waals surface area contributed by atoms with Gasteiger partial charge in [0.15, 0.2) is 6.29 Å². The number of hydrogen-bond donors (Lipinski definition) is 1. The second-order valence-corrected chi connectivity index (χ2v) is 6.65. The lowest BCUT2D eigenvalue weighted by Crippen LogP contribution is -2.65. The number of ether oxygens (including phenoxy) is 1. The van der Waals surface area contributed by atoms with Gasteiger partial charge in [-0.05, 0) is 17.2 Å². The molecule has 5 heteroatoms. The van der Waals surface area contributed by atoms with Gasteiger partial charge in [-0.3, -0.25) is 9.69 Å². The Kier molecular flexibility index (Phi) is 3.39. The van der Waals surface area contributed by atoms with Gasteiger partial charge in [-0.1, -0.05) is 24.3 Å². The number of likely N-dealkylation sites (tertiary alicyclic amines) is 1. The highest BCUT2D eigenvalue weighted by Crippen LogP contribution is 2.38. The highest BCUT2D eigenvalue weighted by molar-refractivity contribution is 5.84. The largest absolute Gasteiger partial charge is 0.383 e. The maximum absolute atomic E-state index is 11.0. The number of carbonyl (C=O) groups excluding carboxylic acids is 1. The first kappa shape index (κ1) is 14.4. The van der Waals surface area contributed by atoms with E-state index >= 15 is 0 Å². The Balaban J connectivity index is 1.44. The summed E-state index contributed by atoms with van der Waals surface area (Å²) in [6, 6.07) is 10.2. The molecule has 0 unspecified atom stereocenters. The van der Waals surface area contributed by atoms with Crippen molar-refractivity contribution in [1.29, 1.82) is 0 Å². The molecule has 2 fully saturated rings. The zero-order chi connectivity index (χ0) is 15.9. The topological polar surface area (TPSA) is 68.4 Å². The molecular weight excluding hydrogens is 290 g/mol. The first-order valence-corrected chi connectivity index (χ1v) is 7.78. The minimum Gasteiger partial charge on any atom is -0.383 e. The Morgan fingerprint density at radius 3 is 2.57 bits per heavy atom. The van der Waals surface area contributed by atoms with Gasteiger partial charge in [-0.25, -0.2) is 4.98 Å². The molecule has 23 heavy (non-hydrogen) atoms. The lowest BCUT2D eigenvalue weighted by molar-refractivity contribution is -0.191. The number of rotatable bonds is 4. The number of pyridine rings is 1. The Hall–Kier alpha value is -2.24. The summed E-state index contributed by atoms with van der Waals surface area (Å²) in [4.78, 5) is 17.5. The fourth-order valence-corrected chi connectivity index (χ4v) is 3.39. The highest BCUT2D eigenvalue weighted by atomic mass is 16.5. The zero-order valence-electron chi connectivity index (χ0n) is 12.9. The summed E-state index contributed by atoms with van der Waals surface area (Å²) in [6.07, 6.45) is 2.44. The predicted octanol–water partition coefficient (Wildman–Crippen LogP) is 1.98. The minimum absolute atomic E-state index is 0.270. The smallest absolute Gasteiger partial charge is 0.153 e.